The molecule has 0 aromatic rings. The number of ether oxygens (including phenoxy) is 1. The quantitative estimate of drug-likeness (QED) is 0.640. The molecule has 1 fully saturated rings. The Morgan fingerprint density at radius 1 is 1.19 bits per heavy atom. The predicted molar refractivity (Wildman–Crippen MR) is 68.8 cm³/mol. The average Bonchev–Trinajstić information content (AvgIpc) is 2.30. The number of hydrogen-bond acceptors (Lipinski definition) is 3. The fraction of sp³-hybridized carbons (Fsp3) is 1.00. The predicted octanol–water partition coefficient (Wildman–Crippen LogP) is 1.73. The van der Waals surface area contributed by atoms with Crippen LogP contribution in [-0.4, -0.2) is 51.8 Å². The van der Waals surface area contributed by atoms with E-state index in [0.717, 1.165) is 12.5 Å². The van der Waals surface area contributed by atoms with Crippen LogP contribution in [0.25, 0.3) is 0 Å². The molecule has 0 atom stereocenters. The number of methoxy groups -OCH3 is 1. The van der Waals surface area contributed by atoms with Crippen LogP contribution in [-0.2, 0) is 4.74 Å². The summed E-state index contributed by atoms with van der Waals surface area (Å²) in [7, 11) is 4.00. The van der Waals surface area contributed by atoms with Crippen molar-refractivity contribution in [2.45, 2.75) is 32.1 Å². The summed E-state index contributed by atoms with van der Waals surface area (Å²) < 4.78 is 5.03. The molecule has 0 unspecified atom stereocenters. The van der Waals surface area contributed by atoms with Crippen LogP contribution < -0.4 is 5.32 Å². The van der Waals surface area contributed by atoms with Gasteiger partial charge in [0.25, 0.3) is 0 Å². The summed E-state index contributed by atoms with van der Waals surface area (Å²) in [6.07, 6.45) is 6.51. The van der Waals surface area contributed by atoms with E-state index in [0.29, 0.717) is 0 Å². The summed E-state index contributed by atoms with van der Waals surface area (Å²) in [6.45, 7) is 5.86. The Hall–Kier alpha value is -0.120. The normalized spacial score (nSPS) is 19.1. The molecule has 96 valence electrons. The number of likely N-dealkylation sites (tertiary alicyclic amines) is 1. The summed E-state index contributed by atoms with van der Waals surface area (Å²) in [6, 6.07) is 0. The minimum atomic E-state index is 0.912. The molecule has 1 N–H and O–H groups in total. The maximum atomic E-state index is 5.03. The van der Waals surface area contributed by atoms with Crippen molar-refractivity contribution in [2.24, 2.45) is 5.92 Å². The Bertz CT molecular complexity index is 156. The van der Waals surface area contributed by atoms with Crippen molar-refractivity contribution in [3.05, 3.63) is 0 Å². The van der Waals surface area contributed by atoms with Gasteiger partial charge in [-0.1, -0.05) is 0 Å². The molecule has 16 heavy (non-hydrogen) atoms. The molecule has 1 saturated heterocycles. The van der Waals surface area contributed by atoms with E-state index in [4.69, 9.17) is 4.74 Å². The topological polar surface area (TPSA) is 24.5 Å². The zero-order chi connectivity index (χ0) is 11.6. The second-order valence-electron chi connectivity index (χ2n) is 5.00. The van der Waals surface area contributed by atoms with E-state index in [2.05, 4.69) is 17.3 Å². The van der Waals surface area contributed by atoms with Gasteiger partial charge < -0.3 is 15.0 Å². The van der Waals surface area contributed by atoms with Crippen LogP contribution in [0.3, 0.4) is 0 Å². The maximum absolute atomic E-state index is 5.03. The van der Waals surface area contributed by atoms with Crippen molar-refractivity contribution in [2.75, 3.05) is 46.9 Å². The van der Waals surface area contributed by atoms with Gasteiger partial charge in [0.05, 0.1) is 0 Å². The Morgan fingerprint density at radius 2 is 1.94 bits per heavy atom. The third-order valence-corrected chi connectivity index (χ3v) is 3.47. The molecule has 1 rings (SSSR count). The molecule has 3 heteroatoms. The smallest absolute Gasteiger partial charge is 0.0462 e. The number of rotatable bonds is 8. The fourth-order valence-corrected chi connectivity index (χ4v) is 2.25. The number of unbranched alkanes of at least 4 members (excludes halogenated alkanes) is 2. The average molecular weight is 228 g/mol. The van der Waals surface area contributed by atoms with Crippen LogP contribution in [0.5, 0.6) is 0 Å². The van der Waals surface area contributed by atoms with Crippen molar-refractivity contribution < 1.29 is 4.74 Å². The van der Waals surface area contributed by atoms with Gasteiger partial charge in [-0.25, -0.2) is 0 Å². The molecule has 1 heterocycles. The summed E-state index contributed by atoms with van der Waals surface area (Å²) in [4.78, 5) is 2.43. The van der Waals surface area contributed by atoms with Crippen molar-refractivity contribution in [1.82, 2.24) is 10.2 Å². The molecule has 0 saturated carbocycles. The number of nitrogens with one attached hydrogen (secondary N) is 1. The molecule has 1 aliphatic heterocycles. The molecular formula is C13H28N2O. The Morgan fingerprint density at radius 3 is 2.62 bits per heavy atom. The molecule has 0 spiro atoms. The summed E-state index contributed by atoms with van der Waals surface area (Å²) >= 11 is 0. The Labute approximate surface area is 101 Å². The molecule has 0 amide bonds. The number of hydrogen-bond donors (Lipinski definition) is 1. The van der Waals surface area contributed by atoms with Crippen LogP contribution in [0.15, 0.2) is 0 Å². The van der Waals surface area contributed by atoms with Crippen molar-refractivity contribution in [3.8, 4) is 0 Å². The molecule has 0 aromatic heterocycles. The molecule has 0 radical (unpaired) electrons. The van der Waals surface area contributed by atoms with Gasteiger partial charge in [-0.3, -0.25) is 0 Å². The number of piperidine rings is 1. The van der Waals surface area contributed by atoms with Gasteiger partial charge in [0.15, 0.2) is 0 Å². The van der Waals surface area contributed by atoms with E-state index < -0.39 is 0 Å². The third kappa shape index (κ3) is 6.46. The summed E-state index contributed by atoms with van der Waals surface area (Å²) in [5, 5.41) is 3.59. The van der Waals surface area contributed by atoms with Crippen LogP contribution in [0.1, 0.15) is 32.1 Å². The van der Waals surface area contributed by atoms with Crippen LogP contribution in [0.2, 0.25) is 0 Å². The van der Waals surface area contributed by atoms with E-state index in [9.17, 15) is 0 Å². The third-order valence-electron chi connectivity index (χ3n) is 3.47. The Kier molecular flexibility index (Phi) is 7.81. The van der Waals surface area contributed by atoms with Gasteiger partial charge in [0.1, 0.15) is 0 Å². The first-order chi connectivity index (χ1) is 7.83. The zero-order valence-electron chi connectivity index (χ0n) is 11.0. The van der Waals surface area contributed by atoms with Gasteiger partial charge in [0.2, 0.25) is 0 Å². The first-order valence-electron chi connectivity index (χ1n) is 6.71. The molecule has 0 aromatic carbocycles. The van der Waals surface area contributed by atoms with Crippen LogP contribution in [0, 0.1) is 5.92 Å². The van der Waals surface area contributed by atoms with E-state index in [-0.39, 0.29) is 0 Å². The lowest BCUT2D eigenvalue weighted by Crippen LogP contribution is -2.35. The van der Waals surface area contributed by atoms with Gasteiger partial charge in [-0.15, -0.1) is 0 Å². The van der Waals surface area contributed by atoms with E-state index in [1.54, 1.807) is 7.11 Å². The molecule has 3 nitrogen and oxygen atoms in total. The molecule has 1 aliphatic rings. The summed E-state index contributed by atoms with van der Waals surface area (Å²) in [5.41, 5.74) is 0. The van der Waals surface area contributed by atoms with Crippen molar-refractivity contribution in [1.29, 1.82) is 0 Å². The van der Waals surface area contributed by atoms with Gasteiger partial charge in [-0.2, -0.15) is 0 Å². The first-order valence-corrected chi connectivity index (χ1v) is 6.71. The second kappa shape index (κ2) is 8.97. The molecular weight excluding hydrogens is 200 g/mol. The lowest BCUT2D eigenvalue weighted by molar-refractivity contribution is 0.191. The highest BCUT2D eigenvalue weighted by atomic mass is 16.5. The highest BCUT2D eigenvalue weighted by molar-refractivity contribution is 4.71. The minimum absolute atomic E-state index is 0.912. The highest BCUT2D eigenvalue weighted by Gasteiger charge is 2.15. The first kappa shape index (κ1) is 13.9. The molecule has 0 bridgehead atoms. The Balaban J connectivity index is 1.84. The summed E-state index contributed by atoms with van der Waals surface area (Å²) in [5.74, 6) is 0.912. The molecule has 0 aliphatic carbocycles. The standard InChI is InChI=1S/C13H28N2O/c1-15-9-6-13(7-10-15)12-14-8-4-3-5-11-16-2/h13-14H,3-12H2,1-2H3. The van der Waals surface area contributed by atoms with Gasteiger partial charge in [0, 0.05) is 13.7 Å². The van der Waals surface area contributed by atoms with E-state index >= 15 is 0 Å². The fourth-order valence-electron chi connectivity index (χ4n) is 2.25. The highest BCUT2D eigenvalue weighted by Crippen LogP contribution is 2.14. The van der Waals surface area contributed by atoms with Crippen LogP contribution in [0.4, 0.5) is 0 Å². The van der Waals surface area contributed by atoms with Crippen molar-refractivity contribution in [3.63, 3.8) is 0 Å². The van der Waals surface area contributed by atoms with Gasteiger partial charge >= 0.3 is 0 Å². The van der Waals surface area contributed by atoms with E-state index in [1.165, 1.54) is 58.3 Å². The van der Waals surface area contributed by atoms with Gasteiger partial charge in [-0.05, 0) is 71.2 Å². The van der Waals surface area contributed by atoms with Crippen molar-refractivity contribution >= 4 is 0 Å². The van der Waals surface area contributed by atoms with Crippen LogP contribution >= 0.6 is 0 Å². The second-order valence-corrected chi connectivity index (χ2v) is 5.00. The number of nitrogens with zero attached hydrogens (tertiary/aromatic N) is 1. The monoisotopic (exact) mass is 228 g/mol. The largest absolute Gasteiger partial charge is 0.385 e. The lowest BCUT2D eigenvalue weighted by Gasteiger charge is -2.29. The zero-order valence-corrected chi connectivity index (χ0v) is 11.0. The van der Waals surface area contributed by atoms with E-state index in [1.807, 2.05) is 0 Å². The maximum Gasteiger partial charge on any atom is 0.0462 e. The lowest BCUT2D eigenvalue weighted by atomic mass is 9.97. The SMILES string of the molecule is COCCCCCNCC1CCN(C)CC1. The minimum Gasteiger partial charge on any atom is -0.385 e.